The minimum atomic E-state index is -0.404. The molecule has 0 saturated carbocycles. The second kappa shape index (κ2) is 6.20. The van der Waals surface area contributed by atoms with Crippen LogP contribution in [0, 0.1) is 0 Å². The van der Waals surface area contributed by atoms with Crippen LogP contribution < -0.4 is 10.6 Å². The molecular formula is C19H19P. The normalized spacial score (nSPS) is 14.3. The molecule has 2 aromatic carbocycles. The van der Waals surface area contributed by atoms with Crippen molar-refractivity contribution in [2.45, 2.75) is 19.8 Å². The third-order valence-electron chi connectivity index (χ3n) is 3.70. The number of hydrogen-bond donors (Lipinski definition) is 0. The summed E-state index contributed by atoms with van der Waals surface area (Å²) in [6.07, 6.45) is 6.95. The molecule has 0 aliphatic heterocycles. The average molecular weight is 278 g/mol. The smallest absolute Gasteiger partial charge is 0.0126 e. The van der Waals surface area contributed by atoms with Gasteiger partial charge in [-0.3, -0.25) is 0 Å². The quantitative estimate of drug-likeness (QED) is 0.708. The molecule has 0 nitrogen and oxygen atoms in total. The van der Waals surface area contributed by atoms with Gasteiger partial charge in [0.2, 0.25) is 0 Å². The highest BCUT2D eigenvalue weighted by Crippen LogP contribution is 2.48. The molecule has 1 aliphatic carbocycles. The van der Waals surface area contributed by atoms with Gasteiger partial charge in [0, 0.05) is 0 Å². The zero-order valence-corrected chi connectivity index (χ0v) is 12.7. The summed E-state index contributed by atoms with van der Waals surface area (Å²) in [7, 11) is -0.404. The van der Waals surface area contributed by atoms with Crippen LogP contribution in [-0.2, 0) is 0 Å². The highest BCUT2D eigenvalue weighted by molar-refractivity contribution is 7.77. The van der Waals surface area contributed by atoms with E-state index < -0.39 is 7.92 Å². The molecule has 0 aromatic heterocycles. The first-order chi connectivity index (χ1) is 9.90. The van der Waals surface area contributed by atoms with Crippen molar-refractivity contribution < 1.29 is 0 Å². The van der Waals surface area contributed by atoms with E-state index in [0.29, 0.717) is 0 Å². The Morgan fingerprint density at radius 2 is 1.40 bits per heavy atom. The fraction of sp³-hybridized carbons (Fsp3) is 0.158. The zero-order valence-electron chi connectivity index (χ0n) is 11.8. The predicted octanol–water partition coefficient (Wildman–Crippen LogP) is 4.74. The lowest BCUT2D eigenvalue weighted by Crippen LogP contribution is -2.12. The Morgan fingerprint density at radius 3 is 1.90 bits per heavy atom. The van der Waals surface area contributed by atoms with Gasteiger partial charge >= 0.3 is 0 Å². The molecule has 3 rings (SSSR count). The predicted molar refractivity (Wildman–Crippen MR) is 90.1 cm³/mol. The second-order valence-electron chi connectivity index (χ2n) is 4.96. The molecule has 2 aromatic rings. The Bertz CT molecular complexity index is 584. The SMILES string of the molecule is CCC1=C(P(c2ccccc2)c2ccccc2)C=CC1. The van der Waals surface area contributed by atoms with Gasteiger partial charge in [-0.25, -0.2) is 0 Å². The molecule has 1 aliphatic rings. The van der Waals surface area contributed by atoms with Gasteiger partial charge in [0.25, 0.3) is 0 Å². The van der Waals surface area contributed by atoms with Gasteiger partial charge in [0.1, 0.15) is 0 Å². The Labute approximate surface area is 122 Å². The van der Waals surface area contributed by atoms with Crippen molar-refractivity contribution in [2.24, 2.45) is 0 Å². The molecule has 0 saturated heterocycles. The van der Waals surface area contributed by atoms with E-state index in [1.807, 2.05) is 0 Å². The van der Waals surface area contributed by atoms with Gasteiger partial charge in [-0.2, -0.15) is 0 Å². The van der Waals surface area contributed by atoms with E-state index in [-0.39, 0.29) is 0 Å². The molecule has 0 spiro atoms. The highest BCUT2D eigenvalue weighted by Gasteiger charge is 2.21. The Morgan fingerprint density at radius 1 is 0.850 bits per heavy atom. The van der Waals surface area contributed by atoms with Crippen LogP contribution in [0.4, 0.5) is 0 Å². The monoisotopic (exact) mass is 278 g/mol. The highest BCUT2D eigenvalue weighted by atomic mass is 31.1. The molecule has 0 amide bonds. The molecule has 20 heavy (non-hydrogen) atoms. The van der Waals surface area contributed by atoms with Crippen LogP contribution in [0.25, 0.3) is 0 Å². The molecule has 0 N–H and O–H groups in total. The summed E-state index contributed by atoms with van der Waals surface area (Å²) in [6.45, 7) is 2.27. The Hall–Kier alpha value is -1.65. The van der Waals surface area contributed by atoms with Gasteiger partial charge in [-0.15, -0.1) is 0 Å². The fourth-order valence-corrected chi connectivity index (χ4v) is 5.29. The molecule has 0 heterocycles. The van der Waals surface area contributed by atoms with E-state index in [4.69, 9.17) is 0 Å². The summed E-state index contributed by atoms with van der Waals surface area (Å²) in [5.74, 6) is 0. The molecule has 1 heteroatoms. The van der Waals surface area contributed by atoms with E-state index in [1.165, 1.54) is 10.6 Å². The van der Waals surface area contributed by atoms with Crippen molar-refractivity contribution in [3.8, 4) is 0 Å². The third-order valence-corrected chi connectivity index (χ3v) is 6.27. The number of benzene rings is 2. The van der Waals surface area contributed by atoms with Crippen molar-refractivity contribution >= 4 is 18.5 Å². The van der Waals surface area contributed by atoms with Gasteiger partial charge in [0.15, 0.2) is 0 Å². The zero-order chi connectivity index (χ0) is 13.8. The summed E-state index contributed by atoms with van der Waals surface area (Å²) >= 11 is 0. The minimum Gasteiger partial charge on any atom is -0.0798 e. The van der Waals surface area contributed by atoms with Gasteiger partial charge in [0.05, 0.1) is 0 Å². The molecule has 0 radical (unpaired) electrons. The topological polar surface area (TPSA) is 0 Å². The van der Waals surface area contributed by atoms with E-state index in [2.05, 4.69) is 79.7 Å². The molecule has 100 valence electrons. The summed E-state index contributed by atoms with van der Waals surface area (Å²) < 4.78 is 0. The Kier molecular flexibility index (Phi) is 4.14. The first kappa shape index (κ1) is 13.3. The van der Waals surface area contributed by atoms with Gasteiger partial charge in [-0.05, 0) is 36.7 Å². The van der Waals surface area contributed by atoms with Crippen LogP contribution in [0.5, 0.6) is 0 Å². The van der Waals surface area contributed by atoms with Crippen LogP contribution >= 0.6 is 7.92 Å². The van der Waals surface area contributed by atoms with Crippen molar-refractivity contribution in [3.63, 3.8) is 0 Å². The van der Waals surface area contributed by atoms with E-state index in [0.717, 1.165) is 12.8 Å². The summed E-state index contributed by atoms with van der Waals surface area (Å²) in [5.41, 5.74) is 1.60. The molecule has 0 atom stereocenters. The minimum absolute atomic E-state index is 0.404. The summed E-state index contributed by atoms with van der Waals surface area (Å²) in [6, 6.07) is 21.9. The van der Waals surface area contributed by atoms with E-state index >= 15 is 0 Å². The lowest BCUT2D eigenvalue weighted by atomic mass is 10.2. The largest absolute Gasteiger partial charge is 0.0798 e. The number of allylic oxidation sites excluding steroid dienone is 4. The fourth-order valence-electron chi connectivity index (χ4n) is 2.67. The summed E-state index contributed by atoms with van der Waals surface area (Å²) in [4.78, 5) is 0. The first-order valence-corrected chi connectivity index (χ1v) is 8.53. The maximum absolute atomic E-state index is 2.35. The van der Waals surface area contributed by atoms with Gasteiger partial charge < -0.3 is 0 Å². The second-order valence-corrected chi connectivity index (χ2v) is 7.14. The third kappa shape index (κ3) is 2.62. The molecule has 0 unspecified atom stereocenters. The molecule has 0 fully saturated rings. The molecular weight excluding hydrogens is 259 g/mol. The average Bonchev–Trinajstić information content (AvgIpc) is 2.98. The van der Waals surface area contributed by atoms with Gasteiger partial charge in [-0.1, -0.05) is 85.3 Å². The van der Waals surface area contributed by atoms with Crippen LogP contribution in [0.15, 0.2) is 83.7 Å². The summed E-state index contributed by atoms with van der Waals surface area (Å²) in [5, 5.41) is 4.45. The Balaban J connectivity index is 2.12. The van der Waals surface area contributed by atoms with Crippen molar-refractivity contribution in [1.29, 1.82) is 0 Å². The first-order valence-electron chi connectivity index (χ1n) is 7.19. The maximum atomic E-state index is 2.35. The standard InChI is InChI=1S/C19H19P/c1-2-16-10-9-15-19(16)20(17-11-5-3-6-12-17)18-13-7-4-8-14-18/h3-9,11-15H,2,10H2,1H3. The van der Waals surface area contributed by atoms with Crippen LogP contribution in [-0.4, -0.2) is 0 Å². The molecule has 0 bridgehead atoms. The van der Waals surface area contributed by atoms with Crippen molar-refractivity contribution in [3.05, 3.63) is 83.7 Å². The maximum Gasteiger partial charge on any atom is -0.0126 e. The van der Waals surface area contributed by atoms with Crippen molar-refractivity contribution in [2.75, 3.05) is 0 Å². The lowest BCUT2D eigenvalue weighted by molar-refractivity contribution is 1.05. The van der Waals surface area contributed by atoms with E-state index in [1.54, 1.807) is 10.9 Å². The number of hydrogen-bond acceptors (Lipinski definition) is 0. The van der Waals surface area contributed by atoms with E-state index in [9.17, 15) is 0 Å². The van der Waals surface area contributed by atoms with Crippen molar-refractivity contribution in [1.82, 2.24) is 0 Å². The lowest BCUT2D eigenvalue weighted by Gasteiger charge is -2.21. The van der Waals surface area contributed by atoms with Crippen LogP contribution in [0.2, 0.25) is 0 Å². The van der Waals surface area contributed by atoms with Crippen LogP contribution in [0.3, 0.4) is 0 Å². The van der Waals surface area contributed by atoms with Crippen LogP contribution in [0.1, 0.15) is 19.8 Å². The number of rotatable bonds is 4.